The zero-order chi connectivity index (χ0) is 13.1. The summed E-state index contributed by atoms with van der Waals surface area (Å²) in [6.45, 7) is 0. The second kappa shape index (κ2) is 5.35. The molecule has 1 aliphatic carbocycles. The molecule has 0 unspecified atom stereocenters. The van der Waals surface area contributed by atoms with E-state index in [4.69, 9.17) is 16.3 Å². The minimum atomic E-state index is -0.578. The number of halogens is 1. The molecule has 0 saturated heterocycles. The molecule has 0 heterocycles. The monoisotopic (exact) mass is 269 g/mol. The summed E-state index contributed by atoms with van der Waals surface area (Å²) in [4.78, 5) is 21.7. The molecule has 18 heavy (non-hydrogen) atoms. The first-order chi connectivity index (χ1) is 8.58. The normalized spacial score (nSPS) is 15.6. The molecule has 0 aromatic heterocycles. The number of nitrogens with zero attached hydrogens (tertiary/aromatic N) is 1. The fourth-order valence-electron chi connectivity index (χ4n) is 2.06. The lowest BCUT2D eigenvalue weighted by Gasteiger charge is -2.09. The highest BCUT2D eigenvalue weighted by molar-refractivity contribution is 6.32. The Balaban J connectivity index is 2.07. The molecule has 0 atom stereocenters. The summed E-state index contributed by atoms with van der Waals surface area (Å²) in [5, 5.41) is 10.5. The first kappa shape index (κ1) is 12.8. The van der Waals surface area contributed by atoms with E-state index in [0.717, 1.165) is 25.7 Å². The molecule has 0 radical (unpaired) electrons. The molecule has 1 aliphatic rings. The predicted molar refractivity (Wildman–Crippen MR) is 65.7 cm³/mol. The van der Waals surface area contributed by atoms with Crippen molar-refractivity contribution in [2.24, 2.45) is 5.92 Å². The summed E-state index contributed by atoms with van der Waals surface area (Å²) in [5.74, 6) is -0.0844. The van der Waals surface area contributed by atoms with Gasteiger partial charge in [0.1, 0.15) is 10.8 Å². The number of carbonyl (C=O) groups is 1. The quantitative estimate of drug-likeness (QED) is 0.365. The molecule has 1 fully saturated rings. The van der Waals surface area contributed by atoms with Crippen LogP contribution < -0.4 is 4.74 Å². The van der Waals surface area contributed by atoms with Crippen LogP contribution in [0.1, 0.15) is 25.7 Å². The van der Waals surface area contributed by atoms with Crippen LogP contribution in [0, 0.1) is 16.0 Å². The highest BCUT2D eigenvalue weighted by Crippen LogP contribution is 2.30. The molecule has 6 heteroatoms. The minimum Gasteiger partial charge on any atom is -0.426 e. The highest BCUT2D eigenvalue weighted by atomic mass is 35.5. The summed E-state index contributed by atoms with van der Waals surface area (Å²) in [6.07, 6.45) is 3.78. The van der Waals surface area contributed by atoms with Crippen molar-refractivity contribution in [3.63, 3.8) is 0 Å². The van der Waals surface area contributed by atoms with E-state index in [0.29, 0.717) is 0 Å². The minimum absolute atomic E-state index is 0.0308. The Labute approximate surface area is 109 Å². The van der Waals surface area contributed by atoms with Crippen molar-refractivity contribution in [3.05, 3.63) is 33.3 Å². The zero-order valence-corrected chi connectivity index (χ0v) is 10.4. The summed E-state index contributed by atoms with van der Waals surface area (Å²) >= 11 is 5.73. The van der Waals surface area contributed by atoms with E-state index >= 15 is 0 Å². The van der Waals surface area contributed by atoms with Gasteiger partial charge in [0.25, 0.3) is 5.69 Å². The number of nitro benzene ring substituents is 1. The van der Waals surface area contributed by atoms with Crippen LogP contribution in [-0.4, -0.2) is 10.9 Å². The Morgan fingerprint density at radius 2 is 2.06 bits per heavy atom. The van der Waals surface area contributed by atoms with E-state index in [9.17, 15) is 14.9 Å². The average molecular weight is 270 g/mol. The molecule has 1 saturated carbocycles. The smallest absolute Gasteiger partial charge is 0.314 e. The number of hydrogen-bond acceptors (Lipinski definition) is 4. The van der Waals surface area contributed by atoms with Crippen molar-refractivity contribution >= 4 is 23.3 Å². The summed E-state index contributed by atoms with van der Waals surface area (Å²) < 4.78 is 5.17. The average Bonchev–Trinajstić information content (AvgIpc) is 2.81. The zero-order valence-electron chi connectivity index (χ0n) is 9.60. The third kappa shape index (κ3) is 2.79. The second-order valence-corrected chi connectivity index (χ2v) is 4.68. The van der Waals surface area contributed by atoms with Crippen LogP contribution in [0.5, 0.6) is 5.75 Å². The first-order valence-corrected chi connectivity index (χ1v) is 6.11. The van der Waals surface area contributed by atoms with Gasteiger partial charge in [-0.1, -0.05) is 24.4 Å². The van der Waals surface area contributed by atoms with E-state index < -0.39 is 4.92 Å². The predicted octanol–water partition coefficient (Wildman–Crippen LogP) is 3.34. The van der Waals surface area contributed by atoms with Crippen LogP contribution in [-0.2, 0) is 4.79 Å². The molecule has 0 amide bonds. The largest absolute Gasteiger partial charge is 0.426 e. The van der Waals surface area contributed by atoms with E-state index in [2.05, 4.69) is 0 Å². The number of esters is 1. The highest BCUT2D eigenvalue weighted by Gasteiger charge is 2.25. The van der Waals surface area contributed by atoms with E-state index in [1.54, 1.807) is 0 Å². The number of nitro groups is 1. The van der Waals surface area contributed by atoms with Gasteiger partial charge in [-0.3, -0.25) is 14.9 Å². The Kier molecular flexibility index (Phi) is 3.81. The number of rotatable bonds is 3. The van der Waals surface area contributed by atoms with Gasteiger partial charge in [0, 0.05) is 12.1 Å². The van der Waals surface area contributed by atoms with Gasteiger partial charge >= 0.3 is 5.97 Å². The van der Waals surface area contributed by atoms with E-state index in [1.165, 1.54) is 18.2 Å². The van der Waals surface area contributed by atoms with Gasteiger partial charge in [-0.25, -0.2) is 0 Å². The molecular weight excluding hydrogens is 258 g/mol. The molecule has 1 aromatic rings. The van der Waals surface area contributed by atoms with Crippen LogP contribution in [0.2, 0.25) is 5.02 Å². The SMILES string of the molecule is O=C(Oc1ccc([N+](=O)[O-])c(Cl)c1)C1CCCC1. The summed E-state index contributed by atoms with van der Waals surface area (Å²) in [7, 11) is 0. The third-order valence-electron chi connectivity index (χ3n) is 3.02. The van der Waals surface area contributed by atoms with Crippen LogP contribution in [0.25, 0.3) is 0 Å². The van der Waals surface area contributed by atoms with Crippen LogP contribution in [0.4, 0.5) is 5.69 Å². The number of carbonyl (C=O) groups excluding carboxylic acids is 1. The molecule has 2 rings (SSSR count). The lowest BCUT2D eigenvalue weighted by molar-refractivity contribution is -0.384. The van der Waals surface area contributed by atoms with Crippen molar-refractivity contribution in [2.75, 3.05) is 0 Å². The van der Waals surface area contributed by atoms with Crippen molar-refractivity contribution < 1.29 is 14.5 Å². The van der Waals surface area contributed by atoms with Crippen molar-refractivity contribution in [1.29, 1.82) is 0 Å². The van der Waals surface area contributed by atoms with Crippen LogP contribution >= 0.6 is 11.6 Å². The third-order valence-corrected chi connectivity index (χ3v) is 3.33. The fourth-order valence-corrected chi connectivity index (χ4v) is 2.30. The van der Waals surface area contributed by atoms with Gasteiger partial charge in [-0.2, -0.15) is 0 Å². The van der Waals surface area contributed by atoms with Crippen LogP contribution in [0.15, 0.2) is 18.2 Å². The topological polar surface area (TPSA) is 69.4 Å². The number of hydrogen-bond donors (Lipinski definition) is 0. The first-order valence-electron chi connectivity index (χ1n) is 5.73. The number of benzene rings is 1. The standard InChI is InChI=1S/C12H12ClNO4/c13-10-7-9(5-6-11(10)14(16)17)18-12(15)8-3-1-2-4-8/h5-8H,1-4H2. The molecule has 1 aromatic carbocycles. The Morgan fingerprint density at radius 3 is 2.61 bits per heavy atom. The molecule has 96 valence electrons. The van der Waals surface area contributed by atoms with Crippen molar-refractivity contribution in [1.82, 2.24) is 0 Å². The van der Waals surface area contributed by atoms with Crippen LogP contribution in [0.3, 0.4) is 0 Å². The Bertz CT molecular complexity index is 483. The van der Waals surface area contributed by atoms with Gasteiger partial charge in [-0.05, 0) is 18.9 Å². The summed E-state index contributed by atoms with van der Waals surface area (Å²) in [6, 6.07) is 3.92. The van der Waals surface area contributed by atoms with Gasteiger partial charge in [0.2, 0.25) is 0 Å². The number of ether oxygens (including phenoxy) is 1. The lowest BCUT2D eigenvalue weighted by atomic mass is 10.1. The lowest BCUT2D eigenvalue weighted by Crippen LogP contribution is -2.17. The Hall–Kier alpha value is -1.62. The van der Waals surface area contributed by atoms with Gasteiger partial charge < -0.3 is 4.74 Å². The second-order valence-electron chi connectivity index (χ2n) is 4.27. The van der Waals surface area contributed by atoms with E-state index in [-0.39, 0.29) is 28.3 Å². The van der Waals surface area contributed by atoms with Gasteiger partial charge in [0.05, 0.1) is 10.8 Å². The maximum absolute atomic E-state index is 11.7. The molecule has 0 bridgehead atoms. The van der Waals surface area contributed by atoms with E-state index in [1.807, 2.05) is 0 Å². The van der Waals surface area contributed by atoms with Gasteiger partial charge in [-0.15, -0.1) is 0 Å². The molecule has 5 nitrogen and oxygen atoms in total. The van der Waals surface area contributed by atoms with Gasteiger partial charge in [0.15, 0.2) is 0 Å². The summed E-state index contributed by atoms with van der Waals surface area (Å²) in [5.41, 5.74) is -0.197. The molecular formula is C12H12ClNO4. The Morgan fingerprint density at radius 1 is 1.39 bits per heavy atom. The maximum atomic E-state index is 11.7. The van der Waals surface area contributed by atoms with Crippen molar-refractivity contribution in [2.45, 2.75) is 25.7 Å². The maximum Gasteiger partial charge on any atom is 0.314 e. The molecule has 0 aliphatic heterocycles. The molecule has 0 N–H and O–H groups in total. The fraction of sp³-hybridized carbons (Fsp3) is 0.417. The molecule has 0 spiro atoms. The van der Waals surface area contributed by atoms with Crippen molar-refractivity contribution in [3.8, 4) is 5.75 Å².